The van der Waals surface area contributed by atoms with Gasteiger partial charge in [0.25, 0.3) is 0 Å². The summed E-state index contributed by atoms with van der Waals surface area (Å²) in [6.45, 7) is 0.335. The summed E-state index contributed by atoms with van der Waals surface area (Å²) in [5.74, 6) is 2.31. The monoisotopic (exact) mass is 290 g/mol. The van der Waals surface area contributed by atoms with E-state index in [4.69, 9.17) is 15.2 Å². The van der Waals surface area contributed by atoms with Gasteiger partial charge in [0.15, 0.2) is 5.96 Å². The molecule has 2 rings (SSSR count). The van der Waals surface area contributed by atoms with E-state index >= 15 is 0 Å². The topological polar surface area (TPSA) is 99.6 Å². The molecular weight excluding hydrogens is 272 g/mol. The summed E-state index contributed by atoms with van der Waals surface area (Å²) in [5.41, 5.74) is 6.55. The minimum absolute atomic E-state index is 0.254. The molecule has 0 fully saturated rings. The van der Waals surface area contributed by atoms with Crippen molar-refractivity contribution in [3.8, 4) is 11.5 Å². The van der Waals surface area contributed by atoms with Gasteiger partial charge in [-0.25, -0.2) is 9.98 Å². The first-order valence-corrected chi connectivity index (χ1v) is 6.26. The van der Waals surface area contributed by atoms with Crippen molar-refractivity contribution in [1.82, 2.24) is 14.8 Å². The van der Waals surface area contributed by atoms with Crippen LogP contribution in [0.4, 0.5) is 5.69 Å². The Bertz CT molecular complexity index is 637. The Kier molecular flexibility index (Phi) is 4.60. The van der Waals surface area contributed by atoms with Gasteiger partial charge in [-0.1, -0.05) is 0 Å². The van der Waals surface area contributed by atoms with Crippen LogP contribution in [0.15, 0.2) is 29.5 Å². The minimum Gasteiger partial charge on any atom is -0.497 e. The van der Waals surface area contributed by atoms with Gasteiger partial charge in [-0.15, -0.1) is 0 Å². The average molecular weight is 290 g/mol. The lowest BCUT2D eigenvalue weighted by Crippen LogP contribution is -2.23. The van der Waals surface area contributed by atoms with E-state index < -0.39 is 0 Å². The van der Waals surface area contributed by atoms with Crippen LogP contribution in [0.2, 0.25) is 0 Å². The first-order chi connectivity index (χ1) is 10.1. The maximum absolute atomic E-state index is 5.87. The summed E-state index contributed by atoms with van der Waals surface area (Å²) in [6.07, 6.45) is 1.47. The number of nitrogens with one attached hydrogen (secondary N) is 1. The van der Waals surface area contributed by atoms with Crippen LogP contribution in [0.3, 0.4) is 0 Å². The average Bonchev–Trinajstić information content (AvgIpc) is 2.90. The van der Waals surface area contributed by atoms with Crippen LogP contribution in [-0.2, 0) is 13.6 Å². The van der Waals surface area contributed by atoms with E-state index in [1.54, 1.807) is 44.1 Å². The summed E-state index contributed by atoms with van der Waals surface area (Å²) in [5, 5.41) is 6.95. The molecule has 0 aliphatic carbocycles. The predicted molar refractivity (Wildman–Crippen MR) is 79.5 cm³/mol. The quantitative estimate of drug-likeness (QED) is 0.623. The molecule has 1 heterocycles. The summed E-state index contributed by atoms with van der Waals surface area (Å²) in [6, 6.07) is 5.37. The number of methoxy groups -OCH3 is 2. The fourth-order valence-corrected chi connectivity index (χ4v) is 1.71. The number of aliphatic imine (C=N–C) groups is 1. The molecule has 3 N–H and O–H groups in total. The van der Waals surface area contributed by atoms with Gasteiger partial charge in [0, 0.05) is 13.1 Å². The third-order valence-corrected chi connectivity index (χ3v) is 2.87. The molecule has 0 aliphatic heterocycles. The molecule has 2 aromatic rings. The molecular formula is C13H18N6O2. The van der Waals surface area contributed by atoms with Gasteiger partial charge in [0.2, 0.25) is 0 Å². The van der Waals surface area contributed by atoms with E-state index in [-0.39, 0.29) is 5.96 Å². The molecule has 0 saturated heterocycles. The Hall–Kier alpha value is -2.77. The second kappa shape index (κ2) is 6.60. The van der Waals surface area contributed by atoms with E-state index in [2.05, 4.69) is 20.4 Å². The van der Waals surface area contributed by atoms with Gasteiger partial charge in [-0.05, 0) is 12.1 Å². The van der Waals surface area contributed by atoms with Gasteiger partial charge >= 0.3 is 0 Å². The molecule has 1 aromatic carbocycles. The summed E-state index contributed by atoms with van der Waals surface area (Å²) in [4.78, 5) is 8.29. The van der Waals surface area contributed by atoms with Crippen molar-refractivity contribution < 1.29 is 9.47 Å². The molecule has 0 spiro atoms. The minimum atomic E-state index is 0.254. The number of nitrogens with zero attached hydrogens (tertiary/aromatic N) is 4. The largest absolute Gasteiger partial charge is 0.497 e. The first-order valence-electron chi connectivity index (χ1n) is 6.26. The second-order valence-corrected chi connectivity index (χ2v) is 4.19. The second-order valence-electron chi connectivity index (χ2n) is 4.19. The van der Waals surface area contributed by atoms with Crippen LogP contribution in [0.25, 0.3) is 0 Å². The number of rotatable bonds is 5. The molecule has 8 nitrogen and oxygen atoms in total. The van der Waals surface area contributed by atoms with E-state index in [0.717, 1.165) is 5.82 Å². The Morgan fingerprint density at radius 3 is 2.81 bits per heavy atom. The molecule has 0 unspecified atom stereocenters. The van der Waals surface area contributed by atoms with Crippen molar-refractivity contribution in [3.63, 3.8) is 0 Å². The fourth-order valence-electron chi connectivity index (χ4n) is 1.71. The molecule has 0 saturated carbocycles. The highest BCUT2D eigenvalue weighted by atomic mass is 16.5. The normalized spacial score (nSPS) is 11.3. The maximum atomic E-state index is 5.87. The number of guanidine groups is 1. The lowest BCUT2D eigenvalue weighted by Gasteiger charge is -2.12. The summed E-state index contributed by atoms with van der Waals surface area (Å²) < 4.78 is 12.1. The van der Waals surface area contributed by atoms with E-state index in [1.807, 2.05) is 0 Å². The Labute approximate surface area is 122 Å². The number of ether oxygens (including phenoxy) is 2. The molecule has 21 heavy (non-hydrogen) atoms. The predicted octanol–water partition coefficient (Wildman–Crippen LogP) is 0.759. The van der Waals surface area contributed by atoms with Crippen molar-refractivity contribution in [2.75, 3.05) is 19.5 Å². The molecule has 1 aromatic heterocycles. The van der Waals surface area contributed by atoms with Gasteiger partial charge < -0.3 is 20.5 Å². The van der Waals surface area contributed by atoms with Crippen LogP contribution >= 0.6 is 0 Å². The SMILES string of the molecule is COc1ccc(OC)c(NC(N)=NCc2ncnn2C)c1. The van der Waals surface area contributed by atoms with Gasteiger partial charge in [0.1, 0.15) is 30.2 Å². The zero-order valence-corrected chi connectivity index (χ0v) is 12.2. The number of hydrogen-bond donors (Lipinski definition) is 2. The molecule has 8 heteroatoms. The van der Waals surface area contributed by atoms with E-state index in [0.29, 0.717) is 23.7 Å². The number of aryl methyl sites for hydroxylation is 1. The molecule has 0 atom stereocenters. The highest BCUT2D eigenvalue weighted by Gasteiger charge is 2.06. The highest BCUT2D eigenvalue weighted by molar-refractivity contribution is 5.93. The lowest BCUT2D eigenvalue weighted by atomic mass is 10.2. The van der Waals surface area contributed by atoms with Gasteiger partial charge in [0.05, 0.1) is 19.9 Å². The van der Waals surface area contributed by atoms with Crippen LogP contribution in [0.1, 0.15) is 5.82 Å². The third kappa shape index (κ3) is 3.62. The fraction of sp³-hybridized carbons (Fsp3) is 0.308. The van der Waals surface area contributed by atoms with E-state index in [9.17, 15) is 0 Å². The van der Waals surface area contributed by atoms with Crippen molar-refractivity contribution >= 4 is 11.6 Å². The Balaban J connectivity index is 2.11. The van der Waals surface area contributed by atoms with Crippen molar-refractivity contribution in [3.05, 3.63) is 30.4 Å². The van der Waals surface area contributed by atoms with Crippen molar-refractivity contribution in [2.24, 2.45) is 17.8 Å². The zero-order chi connectivity index (χ0) is 15.2. The van der Waals surface area contributed by atoms with Gasteiger partial charge in [-0.2, -0.15) is 5.10 Å². The zero-order valence-electron chi connectivity index (χ0n) is 12.2. The molecule has 112 valence electrons. The number of aromatic nitrogens is 3. The van der Waals surface area contributed by atoms with Crippen molar-refractivity contribution in [1.29, 1.82) is 0 Å². The molecule has 0 aliphatic rings. The van der Waals surface area contributed by atoms with Crippen molar-refractivity contribution in [2.45, 2.75) is 6.54 Å². The Morgan fingerprint density at radius 2 is 2.19 bits per heavy atom. The molecule has 0 radical (unpaired) electrons. The van der Waals surface area contributed by atoms with E-state index in [1.165, 1.54) is 6.33 Å². The van der Waals surface area contributed by atoms with Crippen LogP contribution in [0.5, 0.6) is 11.5 Å². The van der Waals surface area contributed by atoms with Crippen LogP contribution < -0.4 is 20.5 Å². The standard InChI is InChI=1S/C13H18N6O2/c1-19-12(16-8-17-19)7-15-13(14)18-10-6-9(20-2)4-5-11(10)21-3/h4-6,8H,7H2,1-3H3,(H3,14,15,18). The number of benzene rings is 1. The molecule has 0 amide bonds. The number of hydrogen-bond acceptors (Lipinski definition) is 5. The first kappa shape index (κ1) is 14.6. The number of nitrogens with two attached hydrogens (primary N) is 1. The highest BCUT2D eigenvalue weighted by Crippen LogP contribution is 2.28. The van der Waals surface area contributed by atoms with Crippen LogP contribution in [-0.4, -0.2) is 34.9 Å². The smallest absolute Gasteiger partial charge is 0.193 e. The third-order valence-electron chi connectivity index (χ3n) is 2.87. The maximum Gasteiger partial charge on any atom is 0.193 e. The summed E-state index contributed by atoms with van der Waals surface area (Å²) in [7, 11) is 4.98. The Morgan fingerprint density at radius 1 is 1.38 bits per heavy atom. The lowest BCUT2D eigenvalue weighted by molar-refractivity contribution is 0.405. The number of anilines is 1. The van der Waals surface area contributed by atoms with Crippen LogP contribution in [0, 0.1) is 0 Å². The summed E-state index contributed by atoms with van der Waals surface area (Å²) >= 11 is 0. The molecule has 0 bridgehead atoms. The van der Waals surface area contributed by atoms with Gasteiger partial charge in [-0.3, -0.25) is 4.68 Å².